The van der Waals surface area contributed by atoms with E-state index in [0.717, 1.165) is 34.9 Å². The Kier molecular flexibility index (Phi) is 6.67. The molecular weight excluding hydrogens is 430 g/mol. The molecule has 6 nitrogen and oxygen atoms in total. The molecule has 1 aromatic heterocycles. The van der Waals surface area contributed by atoms with Gasteiger partial charge < -0.3 is 10.1 Å². The molecule has 0 unspecified atom stereocenters. The van der Waals surface area contributed by atoms with Gasteiger partial charge in [0, 0.05) is 17.9 Å². The Bertz CT molecular complexity index is 1140. The summed E-state index contributed by atoms with van der Waals surface area (Å²) < 4.78 is 7.04. The number of aromatic nitrogens is 2. The number of amides is 1. The zero-order valence-corrected chi connectivity index (χ0v) is 19.0. The van der Waals surface area contributed by atoms with Crippen molar-refractivity contribution in [2.45, 2.75) is 30.3 Å². The second kappa shape index (κ2) is 9.62. The first kappa shape index (κ1) is 21.5. The fourth-order valence-electron chi connectivity index (χ4n) is 3.24. The third kappa shape index (κ3) is 4.97. The molecule has 4 rings (SSSR count). The van der Waals surface area contributed by atoms with Gasteiger partial charge in [-0.2, -0.15) is 0 Å². The monoisotopic (exact) mass is 453 g/mol. The summed E-state index contributed by atoms with van der Waals surface area (Å²) in [6, 6.07) is 15.0. The maximum absolute atomic E-state index is 13.2. The number of benzene rings is 2. The summed E-state index contributed by atoms with van der Waals surface area (Å²) in [4.78, 5) is 31.1. The van der Waals surface area contributed by atoms with E-state index in [1.807, 2.05) is 50.2 Å². The van der Waals surface area contributed by atoms with Crippen LogP contribution in [0.4, 0.5) is 5.69 Å². The number of fused-ring (bicyclic) bond motifs is 1. The summed E-state index contributed by atoms with van der Waals surface area (Å²) in [5.74, 6) is 1.61. The van der Waals surface area contributed by atoms with Crippen LogP contribution < -0.4 is 15.6 Å². The molecule has 1 aliphatic heterocycles. The number of nitrogens with one attached hydrogen (secondary N) is 1. The fourth-order valence-corrected chi connectivity index (χ4v) is 5.09. The zero-order valence-electron chi connectivity index (χ0n) is 17.4. The lowest BCUT2D eigenvalue weighted by atomic mass is 10.2. The van der Waals surface area contributed by atoms with Crippen LogP contribution >= 0.6 is 23.5 Å². The van der Waals surface area contributed by atoms with E-state index in [2.05, 4.69) is 5.32 Å². The lowest BCUT2D eigenvalue weighted by Gasteiger charge is -2.14. The Morgan fingerprint density at radius 3 is 2.65 bits per heavy atom. The van der Waals surface area contributed by atoms with Gasteiger partial charge >= 0.3 is 0 Å². The maximum Gasteiger partial charge on any atom is 0.272 e. The Labute approximate surface area is 189 Å². The molecule has 2 heterocycles. The van der Waals surface area contributed by atoms with Crippen LogP contribution in [0.15, 0.2) is 63.4 Å². The van der Waals surface area contributed by atoms with Gasteiger partial charge in [-0.3, -0.25) is 14.2 Å². The van der Waals surface area contributed by atoms with E-state index in [9.17, 15) is 9.59 Å². The predicted octanol–water partition coefficient (Wildman–Crippen LogP) is 4.32. The molecule has 0 fully saturated rings. The highest BCUT2D eigenvalue weighted by atomic mass is 32.2. The van der Waals surface area contributed by atoms with Crippen molar-refractivity contribution < 1.29 is 9.53 Å². The summed E-state index contributed by atoms with van der Waals surface area (Å²) in [6.07, 6.45) is 0.774. The smallest absolute Gasteiger partial charge is 0.272 e. The minimum absolute atomic E-state index is 0.0641. The summed E-state index contributed by atoms with van der Waals surface area (Å²) in [7, 11) is 0. The lowest BCUT2D eigenvalue weighted by molar-refractivity contribution is -0.113. The van der Waals surface area contributed by atoms with Gasteiger partial charge in [-0.05, 0) is 50.2 Å². The van der Waals surface area contributed by atoms with Crippen molar-refractivity contribution in [1.82, 2.24) is 9.55 Å². The van der Waals surface area contributed by atoms with Crippen LogP contribution in [0.3, 0.4) is 0 Å². The zero-order chi connectivity index (χ0) is 21.8. The molecule has 0 saturated heterocycles. The second-order valence-corrected chi connectivity index (χ2v) is 9.09. The van der Waals surface area contributed by atoms with E-state index in [1.54, 1.807) is 28.5 Å². The molecule has 0 saturated carbocycles. The van der Waals surface area contributed by atoms with E-state index in [4.69, 9.17) is 9.72 Å². The van der Waals surface area contributed by atoms with Gasteiger partial charge in [-0.25, -0.2) is 4.98 Å². The summed E-state index contributed by atoms with van der Waals surface area (Å²) in [5, 5.41) is 3.42. The number of nitrogens with zero attached hydrogens (tertiary/aromatic N) is 2. The van der Waals surface area contributed by atoms with Crippen LogP contribution in [0.2, 0.25) is 0 Å². The second-order valence-electron chi connectivity index (χ2n) is 7.04. The molecule has 8 heteroatoms. The fraction of sp³-hybridized carbons (Fsp3) is 0.261. The Hall–Kier alpha value is -2.71. The van der Waals surface area contributed by atoms with Crippen LogP contribution in [0.5, 0.6) is 5.75 Å². The number of thioether (sulfide) groups is 2. The van der Waals surface area contributed by atoms with Gasteiger partial charge in [0.1, 0.15) is 5.75 Å². The number of hydrogen-bond acceptors (Lipinski definition) is 6. The summed E-state index contributed by atoms with van der Waals surface area (Å²) in [5.41, 5.74) is 3.33. The minimum Gasteiger partial charge on any atom is -0.494 e. The maximum atomic E-state index is 13.2. The first-order valence-corrected chi connectivity index (χ1v) is 12.0. The number of rotatable bonds is 7. The molecule has 0 bridgehead atoms. The Morgan fingerprint density at radius 2 is 1.94 bits per heavy atom. The first-order valence-electron chi connectivity index (χ1n) is 10.1. The molecule has 1 aliphatic rings. The first-order chi connectivity index (χ1) is 15.0. The molecule has 160 valence electrons. The number of hydrogen-bond donors (Lipinski definition) is 1. The molecule has 2 aromatic carbocycles. The quantitative estimate of drug-likeness (QED) is 0.424. The lowest BCUT2D eigenvalue weighted by Crippen LogP contribution is -2.24. The van der Waals surface area contributed by atoms with E-state index in [0.29, 0.717) is 22.3 Å². The molecule has 3 aromatic rings. The number of carbonyl (C=O) groups excluding carboxylic acids is 1. The average molecular weight is 454 g/mol. The molecule has 0 radical (unpaired) electrons. The molecule has 31 heavy (non-hydrogen) atoms. The molecule has 1 amide bonds. The topological polar surface area (TPSA) is 73.2 Å². The Balaban J connectivity index is 1.53. The van der Waals surface area contributed by atoms with E-state index >= 15 is 0 Å². The van der Waals surface area contributed by atoms with Gasteiger partial charge in [-0.1, -0.05) is 29.5 Å². The molecule has 0 atom stereocenters. The van der Waals surface area contributed by atoms with E-state index < -0.39 is 0 Å². The normalized spacial score (nSPS) is 12.5. The van der Waals surface area contributed by atoms with Crippen molar-refractivity contribution in [3.8, 4) is 11.4 Å². The van der Waals surface area contributed by atoms with E-state index in [1.165, 1.54) is 11.8 Å². The standard InChI is InChI=1S/C23H23N3O3S2/c1-3-29-18-10-6-16(7-11-18)24-20(27)14-31-23-25-19-12-13-30-21(19)22(28)26(23)17-8-4-15(2)5-9-17/h4-11H,3,12-14H2,1-2H3,(H,24,27). The van der Waals surface area contributed by atoms with Gasteiger partial charge in [0.05, 0.1) is 28.6 Å². The van der Waals surface area contributed by atoms with Crippen molar-refractivity contribution in [2.24, 2.45) is 0 Å². The number of anilines is 1. The highest BCUT2D eigenvalue weighted by molar-refractivity contribution is 8.00. The van der Waals surface area contributed by atoms with Gasteiger partial charge in [0.15, 0.2) is 5.16 Å². The van der Waals surface area contributed by atoms with Gasteiger partial charge in [0.2, 0.25) is 5.91 Å². The van der Waals surface area contributed by atoms with Crippen molar-refractivity contribution in [3.63, 3.8) is 0 Å². The van der Waals surface area contributed by atoms with Crippen molar-refractivity contribution in [3.05, 3.63) is 70.1 Å². The Morgan fingerprint density at radius 1 is 1.19 bits per heavy atom. The largest absolute Gasteiger partial charge is 0.494 e. The summed E-state index contributed by atoms with van der Waals surface area (Å²) >= 11 is 2.82. The van der Waals surface area contributed by atoms with Crippen molar-refractivity contribution in [1.29, 1.82) is 0 Å². The average Bonchev–Trinajstić information content (AvgIpc) is 3.24. The van der Waals surface area contributed by atoms with Crippen molar-refractivity contribution in [2.75, 3.05) is 23.4 Å². The van der Waals surface area contributed by atoms with Crippen molar-refractivity contribution >= 4 is 35.1 Å². The molecule has 0 spiro atoms. The third-order valence-electron chi connectivity index (χ3n) is 4.74. The highest BCUT2D eigenvalue weighted by Gasteiger charge is 2.23. The number of aryl methyl sites for hydroxylation is 2. The molecular formula is C23H23N3O3S2. The number of ether oxygens (including phenoxy) is 1. The van der Waals surface area contributed by atoms with Crippen LogP contribution in [-0.4, -0.2) is 33.6 Å². The van der Waals surface area contributed by atoms with E-state index in [-0.39, 0.29) is 17.2 Å². The highest BCUT2D eigenvalue weighted by Crippen LogP contribution is 2.30. The third-order valence-corrected chi connectivity index (χ3v) is 6.79. The predicted molar refractivity (Wildman–Crippen MR) is 126 cm³/mol. The van der Waals surface area contributed by atoms with Gasteiger partial charge in [-0.15, -0.1) is 11.8 Å². The van der Waals surface area contributed by atoms with Crippen LogP contribution in [-0.2, 0) is 11.2 Å². The summed E-state index contributed by atoms with van der Waals surface area (Å²) in [6.45, 7) is 4.52. The van der Waals surface area contributed by atoms with Gasteiger partial charge in [0.25, 0.3) is 5.56 Å². The van der Waals surface area contributed by atoms with Crippen LogP contribution in [0.1, 0.15) is 18.2 Å². The molecule has 0 aliphatic carbocycles. The molecule has 1 N–H and O–H groups in total. The van der Waals surface area contributed by atoms with Crippen LogP contribution in [0.25, 0.3) is 5.69 Å². The van der Waals surface area contributed by atoms with Crippen LogP contribution in [0, 0.1) is 6.92 Å². The number of carbonyl (C=O) groups is 1. The minimum atomic E-state index is -0.159. The SMILES string of the molecule is CCOc1ccc(NC(=O)CSc2nc3c(c(=O)n2-c2ccc(C)cc2)SCC3)cc1.